The highest BCUT2D eigenvalue weighted by atomic mass is 16.3. The molecule has 0 amide bonds. The molecule has 0 N–H and O–H groups in total. The van der Waals surface area contributed by atoms with Crippen LogP contribution in [0.4, 0.5) is 17.1 Å². The molecule has 0 fully saturated rings. The molecular weight excluding hydrogens is 619 g/mol. The van der Waals surface area contributed by atoms with Crippen LogP contribution in [0.15, 0.2) is 192 Å². The topological polar surface area (TPSA) is 16.4 Å². The third-order valence-electron chi connectivity index (χ3n) is 11.1. The maximum absolute atomic E-state index is 6.82. The minimum atomic E-state index is -0.526. The van der Waals surface area contributed by atoms with Crippen LogP contribution in [0.1, 0.15) is 22.3 Å². The van der Waals surface area contributed by atoms with Gasteiger partial charge >= 0.3 is 0 Å². The van der Waals surface area contributed by atoms with Crippen molar-refractivity contribution in [3.63, 3.8) is 0 Å². The quantitative estimate of drug-likeness (QED) is 0.189. The molecule has 238 valence electrons. The number of fused-ring (bicyclic) bond motifs is 13. The summed E-state index contributed by atoms with van der Waals surface area (Å²) in [6.45, 7) is 0. The van der Waals surface area contributed by atoms with Gasteiger partial charge in [0.15, 0.2) is 0 Å². The fraction of sp³-hybridized carbons (Fsp3) is 0.0204. The number of rotatable bonds is 4. The Labute approximate surface area is 296 Å². The minimum Gasteiger partial charge on any atom is -0.456 e. The summed E-state index contributed by atoms with van der Waals surface area (Å²) in [6.07, 6.45) is 0. The van der Waals surface area contributed by atoms with Crippen molar-refractivity contribution < 1.29 is 4.42 Å². The highest BCUT2D eigenvalue weighted by molar-refractivity contribution is 6.04. The number of anilines is 3. The molecule has 8 aromatic carbocycles. The van der Waals surface area contributed by atoms with E-state index in [1.807, 2.05) is 0 Å². The molecule has 1 spiro atoms. The van der Waals surface area contributed by atoms with E-state index in [9.17, 15) is 0 Å². The van der Waals surface area contributed by atoms with Gasteiger partial charge in [-0.25, -0.2) is 0 Å². The highest BCUT2D eigenvalue weighted by Crippen LogP contribution is 2.65. The van der Waals surface area contributed by atoms with E-state index >= 15 is 0 Å². The summed E-state index contributed by atoms with van der Waals surface area (Å²) >= 11 is 0. The van der Waals surface area contributed by atoms with Crippen LogP contribution in [0.5, 0.6) is 0 Å². The Hall–Kier alpha value is -6.64. The van der Waals surface area contributed by atoms with Gasteiger partial charge in [-0.3, -0.25) is 0 Å². The lowest BCUT2D eigenvalue weighted by molar-refractivity contribution is 0.628. The lowest BCUT2D eigenvalue weighted by Crippen LogP contribution is -2.26. The summed E-state index contributed by atoms with van der Waals surface area (Å²) < 4.78 is 6.82. The van der Waals surface area contributed by atoms with E-state index in [-0.39, 0.29) is 0 Å². The number of nitrogens with zero attached hydrogens (tertiary/aromatic N) is 1. The van der Waals surface area contributed by atoms with Crippen LogP contribution in [0.3, 0.4) is 0 Å². The molecule has 9 aromatic rings. The van der Waals surface area contributed by atoms with Gasteiger partial charge in [0.2, 0.25) is 0 Å². The van der Waals surface area contributed by atoms with Gasteiger partial charge in [-0.15, -0.1) is 0 Å². The third-order valence-corrected chi connectivity index (χ3v) is 11.1. The molecule has 11 rings (SSSR count). The molecule has 1 heterocycles. The molecule has 0 bridgehead atoms. The molecule has 0 radical (unpaired) electrons. The van der Waals surface area contributed by atoms with Crippen LogP contribution in [0, 0.1) is 0 Å². The first-order valence-electron chi connectivity index (χ1n) is 17.6. The van der Waals surface area contributed by atoms with Crippen molar-refractivity contribution in [1.82, 2.24) is 0 Å². The Bertz CT molecular complexity index is 2760. The predicted molar refractivity (Wildman–Crippen MR) is 210 cm³/mol. The molecule has 2 heteroatoms. The molecule has 51 heavy (non-hydrogen) atoms. The fourth-order valence-corrected chi connectivity index (χ4v) is 8.98. The summed E-state index contributed by atoms with van der Waals surface area (Å²) in [5.74, 6) is 0.966. The normalized spacial score (nSPS) is 13.3. The summed E-state index contributed by atoms with van der Waals surface area (Å²) in [4.78, 5) is 2.43. The van der Waals surface area contributed by atoms with Gasteiger partial charge in [0.05, 0.1) is 11.1 Å². The number of hydrogen-bond donors (Lipinski definition) is 0. The first kappa shape index (κ1) is 28.2. The van der Waals surface area contributed by atoms with Crippen LogP contribution in [-0.2, 0) is 5.41 Å². The second-order valence-electron chi connectivity index (χ2n) is 13.6. The molecule has 0 saturated heterocycles. The molecule has 0 unspecified atom stereocenters. The van der Waals surface area contributed by atoms with Crippen molar-refractivity contribution >= 4 is 38.8 Å². The van der Waals surface area contributed by atoms with Gasteiger partial charge in [0.25, 0.3) is 0 Å². The largest absolute Gasteiger partial charge is 0.456 e. The van der Waals surface area contributed by atoms with Crippen LogP contribution >= 0.6 is 0 Å². The van der Waals surface area contributed by atoms with Gasteiger partial charge in [0.1, 0.15) is 11.3 Å². The number of benzene rings is 8. The van der Waals surface area contributed by atoms with Gasteiger partial charge in [-0.1, -0.05) is 146 Å². The van der Waals surface area contributed by atoms with E-state index in [1.54, 1.807) is 0 Å². The monoisotopic (exact) mass is 649 g/mol. The Morgan fingerprint density at radius 1 is 0.412 bits per heavy atom. The van der Waals surface area contributed by atoms with E-state index in [0.717, 1.165) is 34.0 Å². The minimum absolute atomic E-state index is 0.526. The lowest BCUT2D eigenvalue weighted by Gasteiger charge is -2.32. The van der Waals surface area contributed by atoms with E-state index in [1.165, 1.54) is 60.7 Å². The maximum atomic E-state index is 6.82. The first-order valence-corrected chi connectivity index (χ1v) is 17.6. The standard InChI is InChI=1S/C49H31NO/c1-2-13-32(14-3-1)33-25-27-35(28-26-33)50(45-23-12-16-34-15-4-5-17-37(34)45)36-29-30-40-44(31-36)49(47-41-20-8-11-24-46(41)51-48(40)47)42-21-9-6-18-38(42)39-19-7-10-22-43(39)49/h1-31H. The second kappa shape index (κ2) is 10.7. The average molecular weight is 650 g/mol. The van der Waals surface area contributed by atoms with Crippen molar-refractivity contribution in [2.75, 3.05) is 4.90 Å². The Kier molecular flexibility index (Phi) is 5.91. The zero-order valence-electron chi connectivity index (χ0n) is 27.8. The van der Waals surface area contributed by atoms with E-state index in [0.29, 0.717) is 0 Å². The van der Waals surface area contributed by atoms with Gasteiger partial charge in [-0.05, 0) is 86.8 Å². The average Bonchev–Trinajstić information content (AvgIpc) is 3.82. The summed E-state index contributed by atoms with van der Waals surface area (Å²) in [5.41, 5.74) is 15.0. The molecular formula is C49H31NO. The molecule has 2 aliphatic carbocycles. The van der Waals surface area contributed by atoms with E-state index in [2.05, 4.69) is 193 Å². The molecule has 2 nitrogen and oxygen atoms in total. The Morgan fingerprint density at radius 3 is 1.80 bits per heavy atom. The third kappa shape index (κ3) is 3.87. The zero-order chi connectivity index (χ0) is 33.5. The Morgan fingerprint density at radius 2 is 1.02 bits per heavy atom. The molecule has 0 atom stereocenters. The van der Waals surface area contributed by atoms with Gasteiger partial charge < -0.3 is 9.32 Å². The fourth-order valence-electron chi connectivity index (χ4n) is 8.98. The van der Waals surface area contributed by atoms with E-state index in [4.69, 9.17) is 4.42 Å². The van der Waals surface area contributed by atoms with Crippen LogP contribution < -0.4 is 4.90 Å². The van der Waals surface area contributed by atoms with E-state index < -0.39 is 5.41 Å². The summed E-state index contributed by atoms with van der Waals surface area (Å²) in [5, 5.41) is 3.58. The summed E-state index contributed by atoms with van der Waals surface area (Å²) in [7, 11) is 0. The second-order valence-corrected chi connectivity index (χ2v) is 13.6. The van der Waals surface area contributed by atoms with Crippen molar-refractivity contribution in [3.05, 3.63) is 210 Å². The summed E-state index contributed by atoms with van der Waals surface area (Å²) in [6, 6.07) is 68.3. The zero-order valence-corrected chi connectivity index (χ0v) is 27.8. The van der Waals surface area contributed by atoms with Crippen LogP contribution in [0.2, 0.25) is 0 Å². The Balaban J connectivity index is 1.20. The smallest absolute Gasteiger partial charge is 0.140 e. The van der Waals surface area contributed by atoms with Crippen molar-refractivity contribution in [2.24, 2.45) is 0 Å². The number of hydrogen-bond acceptors (Lipinski definition) is 2. The molecule has 2 aliphatic rings. The predicted octanol–water partition coefficient (Wildman–Crippen LogP) is 13.1. The van der Waals surface area contributed by atoms with Crippen molar-refractivity contribution in [3.8, 4) is 33.6 Å². The molecule has 0 saturated carbocycles. The van der Waals surface area contributed by atoms with Crippen LogP contribution in [0.25, 0.3) is 55.3 Å². The molecule has 1 aromatic heterocycles. The van der Waals surface area contributed by atoms with Crippen LogP contribution in [-0.4, -0.2) is 0 Å². The van der Waals surface area contributed by atoms with Crippen molar-refractivity contribution in [2.45, 2.75) is 5.41 Å². The van der Waals surface area contributed by atoms with Crippen molar-refractivity contribution in [1.29, 1.82) is 0 Å². The first-order chi connectivity index (χ1) is 25.3. The number of furan rings is 1. The molecule has 0 aliphatic heterocycles. The number of para-hydroxylation sites is 1. The highest BCUT2D eigenvalue weighted by Gasteiger charge is 2.54. The van der Waals surface area contributed by atoms with Gasteiger partial charge in [0, 0.05) is 33.3 Å². The SMILES string of the molecule is c1ccc(-c2ccc(N(c3ccc4c(c3)C3(c5ccccc5-c5ccccc53)c3c-4oc4ccccc34)c3cccc4ccccc34)cc2)cc1. The lowest BCUT2D eigenvalue weighted by atomic mass is 9.70. The maximum Gasteiger partial charge on any atom is 0.140 e. The van der Waals surface area contributed by atoms with Gasteiger partial charge in [-0.2, -0.15) is 0 Å².